The van der Waals surface area contributed by atoms with Crippen molar-refractivity contribution < 1.29 is 17.9 Å². The van der Waals surface area contributed by atoms with Gasteiger partial charge in [0.25, 0.3) is 0 Å². The summed E-state index contributed by atoms with van der Waals surface area (Å²) in [6, 6.07) is 5.22. The van der Waals surface area contributed by atoms with Gasteiger partial charge >= 0.3 is 0 Å². The molecule has 0 bridgehead atoms. The summed E-state index contributed by atoms with van der Waals surface area (Å²) in [4.78, 5) is 12.0. The maximum absolute atomic E-state index is 12.4. The van der Waals surface area contributed by atoms with Gasteiger partial charge in [-0.25, -0.2) is 13.1 Å². The summed E-state index contributed by atoms with van der Waals surface area (Å²) in [6.07, 6.45) is 4.30. The van der Waals surface area contributed by atoms with Crippen LogP contribution >= 0.6 is 0 Å². The Morgan fingerprint density at radius 2 is 1.96 bits per heavy atom. The van der Waals surface area contributed by atoms with Gasteiger partial charge in [0.1, 0.15) is 0 Å². The van der Waals surface area contributed by atoms with Crippen LogP contribution in [-0.4, -0.2) is 40.6 Å². The molecule has 6 nitrogen and oxygen atoms in total. The molecule has 0 aliphatic heterocycles. The summed E-state index contributed by atoms with van der Waals surface area (Å²) < 4.78 is 32.2. The first kappa shape index (κ1) is 18.9. The topological polar surface area (TPSA) is 84.5 Å². The fourth-order valence-corrected chi connectivity index (χ4v) is 3.98. The minimum Gasteiger partial charge on any atom is -0.383 e. The minimum absolute atomic E-state index is 0.0744. The lowest BCUT2D eigenvalue weighted by molar-refractivity contribution is -0.121. The standard InChI is InChI=1S/C17H26N2O4S/c1-13(12-23-2)19-17(20)9-10-18-24(21,22)16-8-7-14-5-3-4-6-15(14)11-16/h7-8,11,13,18H,3-6,9-10,12H2,1-2H3,(H,19,20). The van der Waals surface area contributed by atoms with E-state index in [1.54, 1.807) is 19.2 Å². The van der Waals surface area contributed by atoms with E-state index in [0.29, 0.717) is 6.61 Å². The number of amides is 1. The van der Waals surface area contributed by atoms with E-state index in [9.17, 15) is 13.2 Å². The number of hydrogen-bond donors (Lipinski definition) is 2. The van der Waals surface area contributed by atoms with Gasteiger partial charge in [0.2, 0.25) is 15.9 Å². The average molecular weight is 354 g/mol. The highest BCUT2D eigenvalue weighted by Gasteiger charge is 2.18. The Hall–Kier alpha value is -1.44. The van der Waals surface area contributed by atoms with Gasteiger partial charge < -0.3 is 10.1 Å². The quantitative estimate of drug-likeness (QED) is 0.739. The molecule has 24 heavy (non-hydrogen) atoms. The van der Waals surface area contributed by atoms with Crippen LogP contribution in [0.5, 0.6) is 0 Å². The van der Waals surface area contributed by atoms with E-state index in [1.165, 1.54) is 5.56 Å². The van der Waals surface area contributed by atoms with Crippen LogP contribution in [0.15, 0.2) is 23.1 Å². The lowest BCUT2D eigenvalue weighted by atomic mass is 9.92. The normalized spacial score (nSPS) is 15.6. The maximum Gasteiger partial charge on any atom is 0.240 e. The van der Waals surface area contributed by atoms with Crippen LogP contribution in [-0.2, 0) is 32.4 Å². The van der Waals surface area contributed by atoms with Crippen LogP contribution in [0.3, 0.4) is 0 Å². The molecule has 134 valence electrons. The highest BCUT2D eigenvalue weighted by Crippen LogP contribution is 2.23. The smallest absolute Gasteiger partial charge is 0.240 e. The van der Waals surface area contributed by atoms with Crippen molar-refractivity contribution in [3.05, 3.63) is 29.3 Å². The van der Waals surface area contributed by atoms with Gasteiger partial charge in [0.15, 0.2) is 0 Å². The third kappa shape index (κ3) is 5.29. The largest absolute Gasteiger partial charge is 0.383 e. The second kappa shape index (κ2) is 8.60. The van der Waals surface area contributed by atoms with Crippen molar-refractivity contribution in [3.63, 3.8) is 0 Å². The van der Waals surface area contributed by atoms with Crippen molar-refractivity contribution in [2.24, 2.45) is 0 Å². The van der Waals surface area contributed by atoms with Crippen LogP contribution in [0.25, 0.3) is 0 Å². The van der Waals surface area contributed by atoms with Crippen LogP contribution in [0.1, 0.15) is 37.3 Å². The molecule has 7 heteroatoms. The number of carbonyl (C=O) groups is 1. The molecule has 0 fully saturated rings. The zero-order chi connectivity index (χ0) is 17.6. The first-order chi connectivity index (χ1) is 11.4. The van der Waals surface area contributed by atoms with E-state index < -0.39 is 10.0 Å². The molecule has 1 aromatic carbocycles. The van der Waals surface area contributed by atoms with Gasteiger partial charge in [-0.1, -0.05) is 6.07 Å². The lowest BCUT2D eigenvalue weighted by Gasteiger charge is -2.17. The van der Waals surface area contributed by atoms with Gasteiger partial charge in [0, 0.05) is 26.1 Å². The van der Waals surface area contributed by atoms with Crippen molar-refractivity contribution in [2.45, 2.75) is 50.0 Å². The molecule has 1 unspecified atom stereocenters. The number of hydrogen-bond acceptors (Lipinski definition) is 4. The molecule has 1 aromatic rings. The third-order valence-electron chi connectivity index (χ3n) is 4.10. The molecular formula is C17H26N2O4S. The summed E-state index contributed by atoms with van der Waals surface area (Å²) in [6.45, 7) is 2.33. The van der Waals surface area contributed by atoms with Crippen LogP contribution < -0.4 is 10.0 Å². The zero-order valence-corrected chi connectivity index (χ0v) is 15.1. The van der Waals surface area contributed by atoms with E-state index in [-0.39, 0.29) is 29.8 Å². The van der Waals surface area contributed by atoms with Crippen molar-refractivity contribution in [1.29, 1.82) is 0 Å². The molecule has 0 saturated carbocycles. The molecule has 0 radical (unpaired) electrons. The number of rotatable bonds is 8. The van der Waals surface area contributed by atoms with Crippen LogP contribution in [0, 0.1) is 0 Å². The number of sulfonamides is 1. The van der Waals surface area contributed by atoms with Gasteiger partial charge in [0.05, 0.1) is 11.5 Å². The fourth-order valence-electron chi connectivity index (χ4n) is 2.90. The van der Waals surface area contributed by atoms with E-state index in [1.807, 2.05) is 13.0 Å². The molecule has 0 heterocycles. The molecule has 2 rings (SSSR count). The van der Waals surface area contributed by atoms with Crippen molar-refractivity contribution in [2.75, 3.05) is 20.3 Å². The van der Waals surface area contributed by atoms with Gasteiger partial charge in [-0.3, -0.25) is 4.79 Å². The van der Waals surface area contributed by atoms with E-state index in [0.717, 1.165) is 31.2 Å². The number of carbonyl (C=O) groups excluding carboxylic acids is 1. The summed E-state index contributed by atoms with van der Waals surface area (Å²) in [5.41, 5.74) is 2.36. The monoisotopic (exact) mass is 354 g/mol. The molecule has 0 spiro atoms. The van der Waals surface area contributed by atoms with Crippen LogP contribution in [0.2, 0.25) is 0 Å². The maximum atomic E-state index is 12.4. The average Bonchev–Trinajstić information content (AvgIpc) is 2.54. The summed E-state index contributed by atoms with van der Waals surface area (Å²) in [7, 11) is -2.02. The highest BCUT2D eigenvalue weighted by molar-refractivity contribution is 7.89. The highest BCUT2D eigenvalue weighted by atomic mass is 32.2. The Morgan fingerprint density at radius 1 is 1.25 bits per heavy atom. The first-order valence-electron chi connectivity index (χ1n) is 8.32. The second-order valence-electron chi connectivity index (χ2n) is 6.21. The van der Waals surface area contributed by atoms with E-state index >= 15 is 0 Å². The summed E-state index contributed by atoms with van der Waals surface area (Å²) >= 11 is 0. The Balaban J connectivity index is 1.88. The molecule has 1 amide bonds. The van der Waals surface area contributed by atoms with Gasteiger partial charge in [-0.05, 0) is 55.9 Å². The molecule has 2 N–H and O–H groups in total. The van der Waals surface area contributed by atoms with Crippen LogP contribution in [0.4, 0.5) is 0 Å². The SMILES string of the molecule is COCC(C)NC(=O)CCNS(=O)(=O)c1ccc2c(c1)CCCC2. The van der Waals surface area contributed by atoms with Crippen molar-refractivity contribution in [1.82, 2.24) is 10.0 Å². The van der Waals surface area contributed by atoms with Crippen molar-refractivity contribution in [3.8, 4) is 0 Å². The summed E-state index contributed by atoms with van der Waals surface area (Å²) in [5.74, 6) is -0.201. The molecule has 0 saturated heterocycles. The molecule has 1 atom stereocenters. The fraction of sp³-hybridized carbons (Fsp3) is 0.588. The van der Waals surface area contributed by atoms with Crippen molar-refractivity contribution >= 4 is 15.9 Å². The number of aryl methyl sites for hydroxylation is 2. The number of methoxy groups -OCH3 is 1. The molecule has 0 aromatic heterocycles. The Morgan fingerprint density at radius 3 is 2.67 bits per heavy atom. The zero-order valence-electron chi connectivity index (χ0n) is 14.3. The van der Waals surface area contributed by atoms with Gasteiger partial charge in [-0.15, -0.1) is 0 Å². The predicted octanol–water partition coefficient (Wildman–Crippen LogP) is 1.38. The Labute approximate surface area is 144 Å². The molecule has 1 aliphatic carbocycles. The number of fused-ring (bicyclic) bond motifs is 1. The molecule has 1 aliphatic rings. The van der Waals surface area contributed by atoms with E-state index in [2.05, 4.69) is 10.0 Å². The first-order valence-corrected chi connectivity index (χ1v) is 9.80. The summed E-state index contributed by atoms with van der Waals surface area (Å²) in [5, 5.41) is 2.75. The number of benzene rings is 1. The lowest BCUT2D eigenvalue weighted by Crippen LogP contribution is -2.37. The number of ether oxygens (including phenoxy) is 1. The predicted molar refractivity (Wildman–Crippen MR) is 92.4 cm³/mol. The van der Waals surface area contributed by atoms with Gasteiger partial charge in [-0.2, -0.15) is 0 Å². The van der Waals surface area contributed by atoms with E-state index in [4.69, 9.17) is 4.74 Å². The Kier molecular flexibility index (Phi) is 6.77. The number of nitrogens with one attached hydrogen (secondary N) is 2. The molecular weight excluding hydrogens is 328 g/mol. The Bertz CT molecular complexity index is 673. The second-order valence-corrected chi connectivity index (χ2v) is 7.98. The third-order valence-corrected chi connectivity index (χ3v) is 5.56. The minimum atomic E-state index is -3.58.